The topological polar surface area (TPSA) is 108 Å². The van der Waals surface area contributed by atoms with Crippen LogP contribution in [0.4, 0.5) is 0 Å². The Hall–Kier alpha value is -1.61. The second-order valence-electron chi connectivity index (χ2n) is 8.94. The molecule has 2 bridgehead atoms. The third kappa shape index (κ3) is 2.29. The van der Waals surface area contributed by atoms with Crippen LogP contribution in [0.3, 0.4) is 0 Å². The minimum atomic E-state index is -0.913. The summed E-state index contributed by atoms with van der Waals surface area (Å²) in [6.45, 7) is 4.52. The molecule has 3 heterocycles. The van der Waals surface area contributed by atoms with Crippen LogP contribution in [-0.2, 0) is 19.8 Å². The van der Waals surface area contributed by atoms with E-state index in [2.05, 4.69) is 18.8 Å². The van der Waals surface area contributed by atoms with Gasteiger partial charge >= 0.3 is 10.8 Å². The lowest BCUT2D eigenvalue weighted by Gasteiger charge is -2.47. The molecule has 4 aliphatic rings. The van der Waals surface area contributed by atoms with Gasteiger partial charge in [0.25, 0.3) is 0 Å². The molecule has 0 radical (unpaired) electrons. The Bertz CT molecular complexity index is 950. The summed E-state index contributed by atoms with van der Waals surface area (Å²) in [7, 11) is 0. The smallest absolute Gasteiger partial charge is 0.305 e. The maximum absolute atomic E-state index is 13.1. The van der Waals surface area contributed by atoms with Gasteiger partial charge in [-0.25, -0.2) is 0 Å². The molecule has 7 nitrogen and oxygen atoms in total. The average Bonchev–Trinajstić information content (AvgIpc) is 3.32. The molecular weight excluding hydrogens is 400 g/mol. The number of aromatic amines is 1. The van der Waals surface area contributed by atoms with E-state index in [9.17, 15) is 19.2 Å². The number of fused-ring (bicyclic) bond motifs is 9. The van der Waals surface area contributed by atoms with Crippen LogP contribution in [-0.4, -0.2) is 44.6 Å². The van der Waals surface area contributed by atoms with Crippen molar-refractivity contribution in [1.82, 2.24) is 9.88 Å². The maximum Gasteiger partial charge on any atom is 0.305 e. The van der Waals surface area contributed by atoms with Crippen molar-refractivity contribution in [3.8, 4) is 0 Å². The van der Waals surface area contributed by atoms with Gasteiger partial charge in [0.1, 0.15) is 0 Å². The predicted octanol–water partition coefficient (Wildman–Crippen LogP) is 1.92. The molecule has 3 fully saturated rings. The summed E-state index contributed by atoms with van der Waals surface area (Å²) in [6.07, 6.45) is 1.15. The minimum absolute atomic E-state index is 0.0407. The van der Waals surface area contributed by atoms with Crippen LogP contribution in [0.5, 0.6) is 0 Å². The van der Waals surface area contributed by atoms with E-state index in [1.165, 1.54) is 16.2 Å². The van der Waals surface area contributed by atoms with Gasteiger partial charge in [0.15, 0.2) is 0 Å². The molecule has 2 aliphatic heterocycles. The number of rotatable bonds is 4. The van der Waals surface area contributed by atoms with Gasteiger partial charge in [-0.05, 0) is 30.6 Å². The summed E-state index contributed by atoms with van der Waals surface area (Å²) in [5.41, 5.74) is -0.209. The van der Waals surface area contributed by atoms with E-state index in [0.717, 1.165) is 16.3 Å². The van der Waals surface area contributed by atoms with Crippen LogP contribution in [0.2, 0.25) is 0 Å². The number of nitrogens with one attached hydrogen (secondary N) is 1. The van der Waals surface area contributed by atoms with E-state index in [1.807, 2.05) is 0 Å². The predicted molar refractivity (Wildman–Crippen MR) is 103 cm³/mol. The van der Waals surface area contributed by atoms with Crippen molar-refractivity contribution >= 4 is 40.9 Å². The van der Waals surface area contributed by atoms with Gasteiger partial charge in [-0.1, -0.05) is 25.2 Å². The Morgan fingerprint density at radius 3 is 2.57 bits per heavy atom. The molecule has 2 aliphatic carbocycles. The SMILES string of the molecule is CC1(C)c2sc(=O)[nH]c2S[C@@H]2[C@@H]3C[C@H]([C@H]4C(=O)N(CCCC(=O)O)C(=O)[C@H]34)[C@H]21. The monoisotopic (exact) mass is 422 g/mol. The molecule has 5 rings (SSSR count). The van der Waals surface area contributed by atoms with E-state index in [-0.39, 0.29) is 69.9 Å². The van der Waals surface area contributed by atoms with Crippen LogP contribution < -0.4 is 4.87 Å². The summed E-state index contributed by atoms with van der Waals surface area (Å²) in [6, 6.07) is 0. The first-order chi connectivity index (χ1) is 13.2. The molecule has 2 N–H and O–H groups in total. The number of thioether (sulfide) groups is 1. The van der Waals surface area contributed by atoms with Crippen LogP contribution >= 0.6 is 23.1 Å². The fraction of sp³-hybridized carbons (Fsp3) is 0.684. The first-order valence-corrected chi connectivity index (χ1v) is 11.4. The van der Waals surface area contributed by atoms with Crippen molar-refractivity contribution in [2.24, 2.45) is 29.6 Å². The standard InChI is InChI=1S/C19H22N2O5S2/c1-19(2)12-7-6-8(13(12)27-15-14(19)28-18(26)20-15)11-10(7)16(24)21(17(11)25)5-3-4-9(22)23/h7-8,10-13H,3-6H2,1-2H3,(H,20,26)(H,22,23)/t7-,8-,10-,11-,12-,13-/m1/s1. The third-order valence-electron chi connectivity index (χ3n) is 7.25. The molecule has 0 spiro atoms. The third-order valence-corrected chi connectivity index (χ3v) is 10.1. The number of hydrogen-bond donors (Lipinski definition) is 2. The second kappa shape index (κ2) is 5.95. The zero-order chi connectivity index (χ0) is 20.0. The quantitative estimate of drug-likeness (QED) is 0.718. The number of aliphatic carboxylic acids is 1. The molecule has 150 valence electrons. The van der Waals surface area contributed by atoms with Crippen molar-refractivity contribution in [3.63, 3.8) is 0 Å². The van der Waals surface area contributed by atoms with Crippen LogP contribution in [0.1, 0.15) is 38.0 Å². The Morgan fingerprint density at radius 2 is 1.89 bits per heavy atom. The van der Waals surface area contributed by atoms with Crippen molar-refractivity contribution in [3.05, 3.63) is 14.5 Å². The van der Waals surface area contributed by atoms with Crippen molar-refractivity contribution in [1.29, 1.82) is 0 Å². The molecule has 0 aromatic carbocycles. The molecule has 1 aromatic rings. The van der Waals surface area contributed by atoms with E-state index in [0.29, 0.717) is 6.42 Å². The number of aromatic nitrogens is 1. The second-order valence-corrected chi connectivity index (χ2v) is 11.1. The summed E-state index contributed by atoms with van der Waals surface area (Å²) in [5, 5.41) is 10.0. The summed E-state index contributed by atoms with van der Waals surface area (Å²) in [4.78, 5) is 54.2. The van der Waals surface area contributed by atoms with Gasteiger partial charge in [0.05, 0.1) is 16.9 Å². The Labute approximate surface area is 169 Å². The van der Waals surface area contributed by atoms with Crippen molar-refractivity contribution in [2.45, 2.75) is 48.8 Å². The normalized spacial score (nSPS) is 37.1. The number of imide groups is 1. The van der Waals surface area contributed by atoms with Crippen LogP contribution in [0, 0.1) is 29.6 Å². The van der Waals surface area contributed by atoms with Gasteiger partial charge in [0, 0.05) is 28.5 Å². The largest absolute Gasteiger partial charge is 0.481 e. The number of hydrogen-bond acceptors (Lipinski definition) is 6. The van der Waals surface area contributed by atoms with Gasteiger partial charge in [-0.2, -0.15) is 0 Å². The highest BCUT2D eigenvalue weighted by molar-refractivity contribution is 8.00. The molecule has 6 atom stereocenters. The van der Waals surface area contributed by atoms with Gasteiger partial charge in [-0.15, -0.1) is 11.8 Å². The van der Waals surface area contributed by atoms with E-state index < -0.39 is 5.97 Å². The maximum atomic E-state index is 13.1. The number of carboxylic acids is 1. The van der Waals surface area contributed by atoms with E-state index >= 15 is 0 Å². The summed E-state index contributed by atoms with van der Waals surface area (Å²) < 4.78 is 0. The first kappa shape index (κ1) is 18.4. The molecule has 2 saturated carbocycles. The molecule has 2 amide bonds. The number of amides is 2. The van der Waals surface area contributed by atoms with Crippen LogP contribution in [0.25, 0.3) is 0 Å². The number of H-pyrrole nitrogens is 1. The Kier molecular flexibility index (Phi) is 3.91. The molecule has 0 unspecified atom stereocenters. The fourth-order valence-electron chi connectivity index (χ4n) is 6.32. The summed E-state index contributed by atoms with van der Waals surface area (Å²) in [5.74, 6) is -1.15. The molecule has 9 heteroatoms. The number of carbonyl (C=O) groups is 3. The van der Waals surface area contributed by atoms with Gasteiger partial charge < -0.3 is 10.1 Å². The van der Waals surface area contributed by atoms with E-state index in [4.69, 9.17) is 5.11 Å². The number of nitrogens with zero attached hydrogens (tertiary/aromatic N) is 1. The molecular formula is C19H22N2O5S2. The Morgan fingerprint density at radius 1 is 1.21 bits per heavy atom. The summed E-state index contributed by atoms with van der Waals surface area (Å²) >= 11 is 2.95. The van der Waals surface area contributed by atoms with Gasteiger partial charge in [-0.3, -0.25) is 24.1 Å². The number of likely N-dealkylation sites (tertiary alicyclic amines) is 1. The highest BCUT2D eigenvalue weighted by atomic mass is 32.2. The fourth-order valence-corrected chi connectivity index (χ4v) is 9.48. The zero-order valence-electron chi connectivity index (χ0n) is 15.6. The highest BCUT2D eigenvalue weighted by Crippen LogP contribution is 2.68. The molecule has 28 heavy (non-hydrogen) atoms. The average molecular weight is 423 g/mol. The number of carboxylic acid groups (broad SMARTS) is 1. The number of carbonyl (C=O) groups excluding carboxylic acids is 2. The first-order valence-electron chi connectivity index (χ1n) is 9.69. The lowest BCUT2D eigenvalue weighted by molar-refractivity contribution is -0.142. The molecule has 1 aromatic heterocycles. The highest BCUT2D eigenvalue weighted by Gasteiger charge is 2.70. The minimum Gasteiger partial charge on any atom is -0.481 e. The van der Waals surface area contributed by atoms with Crippen molar-refractivity contribution in [2.75, 3.05) is 6.54 Å². The zero-order valence-corrected chi connectivity index (χ0v) is 17.3. The lowest BCUT2D eigenvalue weighted by Crippen LogP contribution is -2.48. The van der Waals surface area contributed by atoms with Crippen LogP contribution in [0.15, 0.2) is 9.82 Å². The van der Waals surface area contributed by atoms with E-state index in [1.54, 1.807) is 11.8 Å². The van der Waals surface area contributed by atoms with Gasteiger partial charge in [0.2, 0.25) is 11.8 Å². The Balaban J connectivity index is 1.46. The van der Waals surface area contributed by atoms with Crippen molar-refractivity contribution < 1.29 is 19.5 Å². The number of thiazole rings is 1. The molecule has 1 saturated heterocycles. The lowest BCUT2D eigenvalue weighted by atomic mass is 9.64.